The molecule has 2 aromatic rings. The Labute approximate surface area is 151 Å². The van der Waals surface area contributed by atoms with Crippen LogP contribution in [0.4, 0.5) is 0 Å². The van der Waals surface area contributed by atoms with Gasteiger partial charge >= 0.3 is 5.97 Å². The molecule has 0 saturated carbocycles. The lowest BCUT2D eigenvalue weighted by atomic mass is 9.98. The first-order valence-corrected chi connectivity index (χ1v) is 8.90. The predicted molar refractivity (Wildman–Crippen MR) is 97.2 cm³/mol. The van der Waals surface area contributed by atoms with Gasteiger partial charge in [0.05, 0.1) is 6.42 Å². The molecular weight excluding hydrogens is 338 g/mol. The number of thiophene rings is 1. The molecule has 0 aliphatic heterocycles. The van der Waals surface area contributed by atoms with E-state index in [0.717, 1.165) is 16.7 Å². The fraction of sp³-hybridized carbons (Fsp3) is 0.316. The summed E-state index contributed by atoms with van der Waals surface area (Å²) in [6, 6.07) is 5.48. The molecule has 0 saturated heterocycles. The van der Waals surface area contributed by atoms with E-state index in [0.29, 0.717) is 11.1 Å². The van der Waals surface area contributed by atoms with E-state index in [1.54, 1.807) is 11.4 Å². The summed E-state index contributed by atoms with van der Waals surface area (Å²) in [4.78, 5) is 35.7. The molecule has 0 fully saturated rings. The maximum Gasteiger partial charge on any atom is 0.308 e. The first kappa shape index (κ1) is 18.9. The summed E-state index contributed by atoms with van der Waals surface area (Å²) >= 11 is 1.43. The maximum atomic E-state index is 12.2. The molecule has 0 radical (unpaired) electrons. The molecule has 1 N–H and O–H groups in total. The number of esters is 1. The van der Waals surface area contributed by atoms with E-state index in [1.807, 2.05) is 38.3 Å². The van der Waals surface area contributed by atoms with Crippen LogP contribution in [0.25, 0.3) is 0 Å². The molecule has 0 atom stereocenters. The minimum atomic E-state index is -0.513. The molecule has 0 unspecified atom stereocenters. The van der Waals surface area contributed by atoms with E-state index in [2.05, 4.69) is 5.32 Å². The number of aryl methyl sites for hydroxylation is 3. The molecule has 0 aliphatic rings. The van der Waals surface area contributed by atoms with Crippen LogP contribution in [0.1, 0.15) is 43.8 Å². The van der Waals surface area contributed by atoms with Crippen LogP contribution >= 0.6 is 11.3 Å². The molecule has 132 valence electrons. The first-order chi connectivity index (χ1) is 11.9. The summed E-state index contributed by atoms with van der Waals surface area (Å²) in [5, 5.41) is 6.18. The summed E-state index contributed by atoms with van der Waals surface area (Å²) in [5.41, 5.74) is 4.15. The highest BCUT2D eigenvalue weighted by Crippen LogP contribution is 2.16. The number of carbonyl (C=O) groups is 3. The number of nitrogens with one attached hydrogen (secondary N) is 1. The Bertz CT molecular complexity index is 781. The fourth-order valence-corrected chi connectivity index (χ4v) is 2.97. The minimum absolute atomic E-state index is 0.0229. The second-order valence-corrected chi connectivity index (χ2v) is 6.63. The molecule has 0 aliphatic carbocycles. The van der Waals surface area contributed by atoms with Crippen LogP contribution in [0, 0.1) is 20.8 Å². The third-order valence-electron chi connectivity index (χ3n) is 3.90. The van der Waals surface area contributed by atoms with Crippen molar-refractivity contribution in [1.82, 2.24) is 5.32 Å². The predicted octanol–water partition coefficient (Wildman–Crippen LogP) is 3.22. The highest BCUT2D eigenvalue weighted by atomic mass is 32.1. The minimum Gasteiger partial charge on any atom is -0.457 e. The largest absolute Gasteiger partial charge is 0.457 e. The molecule has 1 aromatic carbocycles. The topological polar surface area (TPSA) is 72.5 Å². The molecule has 0 spiro atoms. The van der Waals surface area contributed by atoms with E-state index in [1.165, 1.54) is 11.3 Å². The van der Waals surface area contributed by atoms with Crippen molar-refractivity contribution in [3.05, 3.63) is 56.8 Å². The van der Waals surface area contributed by atoms with Crippen LogP contribution in [0.5, 0.6) is 0 Å². The Kier molecular flexibility index (Phi) is 6.47. The monoisotopic (exact) mass is 359 g/mol. The smallest absolute Gasteiger partial charge is 0.308 e. The van der Waals surface area contributed by atoms with Gasteiger partial charge in [0.25, 0.3) is 5.91 Å². The number of rotatable bonds is 7. The van der Waals surface area contributed by atoms with Gasteiger partial charge in [-0.3, -0.25) is 14.4 Å². The quantitative estimate of drug-likeness (QED) is 0.608. The molecule has 2 rings (SSSR count). The zero-order valence-electron chi connectivity index (χ0n) is 14.5. The molecule has 6 heteroatoms. The second kappa shape index (κ2) is 8.58. The van der Waals surface area contributed by atoms with Crippen LogP contribution in [-0.4, -0.2) is 30.8 Å². The Balaban J connectivity index is 1.77. The van der Waals surface area contributed by atoms with Gasteiger partial charge < -0.3 is 10.1 Å². The number of Topliss-reactive ketones (excluding diaryl/α,β-unsaturated/α-hetero) is 1. The third kappa shape index (κ3) is 5.26. The van der Waals surface area contributed by atoms with E-state index >= 15 is 0 Å². The van der Waals surface area contributed by atoms with Crippen molar-refractivity contribution in [3.63, 3.8) is 0 Å². The summed E-state index contributed by atoms with van der Waals surface area (Å²) in [7, 11) is 0. The molecule has 1 aromatic heterocycles. The standard InChI is InChI=1S/C19H21NO4S/c1-12-8-14(3)16(9-13(12)2)17(21)10-24-18(22)4-6-20-19(23)15-5-7-25-11-15/h5,7-9,11H,4,6,10H2,1-3H3,(H,20,23). The average molecular weight is 359 g/mol. The second-order valence-electron chi connectivity index (χ2n) is 5.85. The molecule has 5 nitrogen and oxygen atoms in total. The number of hydrogen-bond acceptors (Lipinski definition) is 5. The van der Waals surface area contributed by atoms with Gasteiger partial charge in [0.15, 0.2) is 6.61 Å². The maximum absolute atomic E-state index is 12.2. The zero-order valence-corrected chi connectivity index (χ0v) is 15.4. The average Bonchev–Trinajstić information content (AvgIpc) is 3.10. The van der Waals surface area contributed by atoms with Gasteiger partial charge in [-0.2, -0.15) is 11.3 Å². The molecular formula is C19H21NO4S. The van der Waals surface area contributed by atoms with E-state index in [4.69, 9.17) is 4.74 Å². The Morgan fingerprint density at radius 2 is 1.80 bits per heavy atom. The van der Waals surface area contributed by atoms with Crippen LogP contribution in [0.15, 0.2) is 29.0 Å². The highest BCUT2D eigenvalue weighted by molar-refractivity contribution is 7.08. The number of amides is 1. The highest BCUT2D eigenvalue weighted by Gasteiger charge is 2.14. The van der Waals surface area contributed by atoms with Crippen molar-refractivity contribution in [3.8, 4) is 0 Å². The summed E-state index contributed by atoms with van der Waals surface area (Å²) in [6.45, 7) is 5.67. The summed E-state index contributed by atoms with van der Waals surface area (Å²) < 4.78 is 5.02. The van der Waals surface area contributed by atoms with Crippen molar-refractivity contribution in [2.75, 3.05) is 13.2 Å². The van der Waals surface area contributed by atoms with Crippen molar-refractivity contribution in [2.24, 2.45) is 0 Å². The SMILES string of the molecule is Cc1cc(C)c(C(=O)COC(=O)CCNC(=O)c2ccsc2)cc1C. The first-order valence-electron chi connectivity index (χ1n) is 7.95. The summed E-state index contributed by atoms with van der Waals surface area (Å²) in [5.74, 6) is -0.965. The fourth-order valence-electron chi connectivity index (χ4n) is 2.33. The molecule has 25 heavy (non-hydrogen) atoms. The van der Waals surface area contributed by atoms with Gasteiger partial charge in [-0.1, -0.05) is 6.07 Å². The number of ketones is 1. The van der Waals surface area contributed by atoms with Crippen molar-refractivity contribution < 1.29 is 19.1 Å². The number of ether oxygens (including phenoxy) is 1. The van der Waals surface area contributed by atoms with E-state index in [9.17, 15) is 14.4 Å². The lowest BCUT2D eigenvalue weighted by molar-refractivity contribution is -0.142. The van der Waals surface area contributed by atoms with Crippen LogP contribution < -0.4 is 5.32 Å². The number of carbonyl (C=O) groups excluding carboxylic acids is 3. The lowest BCUT2D eigenvalue weighted by Gasteiger charge is -2.10. The van der Waals surface area contributed by atoms with Crippen LogP contribution in [0.2, 0.25) is 0 Å². The number of benzene rings is 1. The Morgan fingerprint density at radius 3 is 2.48 bits per heavy atom. The Hall–Kier alpha value is -2.47. The zero-order chi connectivity index (χ0) is 18.4. The summed E-state index contributed by atoms with van der Waals surface area (Å²) in [6.07, 6.45) is 0.0229. The van der Waals surface area contributed by atoms with Gasteiger partial charge in [-0.25, -0.2) is 0 Å². The van der Waals surface area contributed by atoms with Gasteiger partial charge in [0.2, 0.25) is 5.78 Å². The molecule has 1 amide bonds. The molecule has 0 bridgehead atoms. The van der Waals surface area contributed by atoms with Crippen molar-refractivity contribution in [2.45, 2.75) is 27.2 Å². The van der Waals surface area contributed by atoms with Gasteiger partial charge in [-0.15, -0.1) is 0 Å². The van der Waals surface area contributed by atoms with Gasteiger partial charge in [-0.05, 0) is 55.0 Å². The van der Waals surface area contributed by atoms with Gasteiger partial charge in [0, 0.05) is 23.1 Å². The van der Waals surface area contributed by atoms with Crippen LogP contribution in [0.3, 0.4) is 0 Å². The van der Waals surface area contributed by atoms with Gasteiger partial charge in [0.1, 0.15) is 0 Å². The lowest BCUT2D eigenvalue weighted by Crippen LogP contribution is -2.26. The number of hydrogen-bond donors (Lipinski definition) is 1. The third-order valence-corrected chi connectivity index (χ3v) is 4.59. The van der Waals surface area contributed by atoms with Crippen LogP contribution in [-0.2, 0) is 9.53 Å². The normalized spacial score (nSPS) is 10.4. The van der Waals surface area contributed by atoms with Crippen molar-refractivity contribution in [1.29, 1.82) is 0 Å². The Morgan fingerprint density at radius 1 is 1.08 bits per heavy atom. The van der Waals surface area contributed by atoms with Crippen molar-refractivity contribution >= 4 is 29.0 Å². The van der Waals surface area contributed by atoms with E-state index < -0.39 is 5.97 Å². The van der Waals surface area contributed by atoms with E-state index in [-0.39, 0.29) is 31.3 Å². The molecule has 1 heterocycles.